The summed E-state index contributed by atoms with van der Waals surface area (Å²) in [6, 6.07) is 16.4. The molecule has 10 heteroatoms. The maximum atomic E-state index is 13.4. The van der Waals surface area contributed by atoms with E-state index in [4.69, 9.17) is 4.74 Å². The molecule has 1 unspecified atom stereocenters. The van der Waals surface area contributed by atoms with E-state index in [1.54, 1.807) is 14.0 Å². The lowest BCUT2D eigenvalue weighted by Gasteiger charge is -2.40. The molecule has 2 aliphatic heterocycles. The molecule has 0 spiro atoms. The van der Waals surface area contributed by atoms with Gasteiger partial charge in [0.2, 0.25) is 11.8 Å². The first kappa shape index (κ1) is 34.7. The van der Waals surface area contributed by atoms with Crippen LogP contribution in [0.3, 0.4) is 0 Å². The molecule has 2 fully saturated rings. The van der Waals surface area contributed by atoms with Gasteiger partial charge >= 0.3 is 0 Å². The van der Waals surface area contributed by atoms with Gasteiger partial charge in [0.15, 0.2) is 0 Å². The zero-order valence-electron chi connectivity index (χ0n) is 25.4. The quantitative estimate of drug-likeness (QED) is 0.310. The Balaban J connectivity index is 0.00000253. The van der Waals surface area contributed by atoms with Gasteiger partial charge in [-0.2, -0.15) is 0 Å². The number of ether oxygens (including phenoxy) is 1. The zero-order chi connectivity index (χ0) is 28.6. The summed E-state index contributed by atoms with van der Waals surface area (Å²) in [5, 5.41) is 4.46. The Hall–Kier alpha value is -2.78. The van der Waals surface area contributed by atoms with Crippen molar-refractivity contribution < 1.29 is 14.3 Å². The third-order valence-electron chi connectivity index (χ3n) is 8.78. The Morgan fingerprint density at radius 3 is 2.40 bits per heavy atom. The SMILES string of the molecule is COc1ccccc1CN(CC(Cc1c[nH]c2ccccc12)NC(=O)CN1CCC(N2CCCCC2)CC1)C(C)=O.Cl.Cl. The number of H-pyrrole nitrogens is 1. The molecule has 0 aliphatic carbocycles. The fraction of sp³-hybridized carbons (Fsp3) is 0.515. The molecule has 2 N–H and O–H groups in total. The van der Waals surface area contributed by atoms with Crippen LogP contribution in [0.2, 0.25) is 0 Å². The van der Waals surface area contributed by atoms with E-state index in [9.17, 15) is 9.59 Å². The van der Waals surface area contributed by atoms with Crippen molar-refractivity contribution in [3.8, 4) is 5.75 Å². The van der Waals surface area contributed by atoms with Crippen molar-refractivity contribution in [2.75, 3.05) is 46.4 Å². The summed E-state index contributed by atoms with van der Waals surface area (Å²) in [6.07, 6.45) is 8.89. The minimum atomic E-state index is -0.230. The minimum Gasteiger partial charge on any atom is -0.496 e. The first-order valence-corrected chi connectivity index (χ1v) is 15.2. The smallest absolute Gasteiger partial charge is 0.234 e. The van der Waals surface area contributed by atoms with Gasteiger partial charge < -0.3 is 24.8 Å². The molecule has 2 aliphatic rings. The largest absolute Gasteiger partial charge is 0.496 e. The Morgan fingerprint density at radius 1 is 0.977 bits per heavy atom. The topological polar surface area (TPSA) is 80.9 Å². The van der Waals surface area contributed by atoms with Crippen molar-refractivity contribution in [3.05, 3.63) is 65.9 Å². The zero-order valence-corrected chi connectivity index (χ0v) is 27.1. The summed E-state index contributed by atoms with van der Waals surface area (Å²) >= 11 is 0. The second-order valence-electron chi connectivity index (χ2n) is 11.6. The lowest BCUT2D eigenvalue weighted by molar-refractivity contribution is -0.131. The standard InChI is InChI=1S/C33H45N5O3.2ClH/c1-25(39)38(22-26-10-4-7-13-32(26)41-2)23-28(20-27-21-34-31-12-6-5-11-30(27)31)35-33(40)24-36-18-14-29(15-19-36)37-16-8-3-9-17-37;;/h4-7,10-13,21,28-29,34H,3,8-9,14-20,22-24H2,1-2H3,(H,35,40);2*1H. The van der Waals surface area contributed by atoms with E-state index in [1.165, 1.54) is 32.4 Å². The van der Waals surface area contributed by atoms with Gasteiger partial charge in [0.1, 0.15) is 5.75 Å². The number of carbonyl (C=O) groups excluding carboxylic acids is 2. The van der Waals surface area contributed by atoms with Gasteiger partial charge in [-0.1, -0.05) is 42.8 Å². The van der Waals surface area contributed by atoms with Crippen LogP contribution in [0.15, 0.2) is 54.7 Å². The molecule has 1 atom stereocenters. The van der Waals surface area contributed by atoms with Gasteiger partial charge in [-0.3, -0.25) is 14.5 Å². The van der Waals surface area contributed by atoms with Crippen molar-refractivity contribution in [3.63, 3.8) is 0 Å². The molecule has 3 heterocycles. The normalized spacial score (nSPS) is 17.0. The lowest BCUT2D eigenvalue weighted by atomic mass is 10.00. The molecule has 0 radical (unpaired) electrons. The second-order valence-corrected chi connectivity index (χ2v) is 11.6. The number of fused-ring (bicyclic) bond motifs is 1. The van der Waals surface area contributed by atoms with Crippen LogP contribution in [0.4, 0.5) is 0 Å². The third-order valence-corrected chi connectivity index (χ3v) is 8.78. The van der Waals surface area contributed by atoms with E-state index in [2.05, 4.69) is 32.2 Å². The number of aromatic amines is 1. The van der Waals surface area contributed by atoms with Crippen molar-refractivity contribution in [2.45, 2.75) is 64.1 Å². The van der Waals surface area contributed by atoms with Crippen LogP contribution < -0.4 is 10.1 Å². The maximum absolute atomic E-state index is 13.4. The van der Waals surface area contributed by atoms with E-state index in [-0.39, 0.29) is 42.7 Å². The minimum absolute atomic E-state index is 0. The van der Waals surface area contributed by atoms with Gasteiger partial charge in [-0.05, 0) is 62.9 Å². The summed E-state index contributed by atoms with van der Waals surface area (Å²) < 4.78 is 5.54. The van der Waals surface area contributed by atoms with Crippen LogP contribution in [-0.4, -0.2) is 90.0 Å². The number of para-hydroxylation sites is 2. The highest BCUT2D eigenvalue weighted by Gasteiger charge is 2.27. The van der Waals surface area contributed by atoms with Gasteiger partial charge in [0.25, 0.3) is 0 Å². The molecular weight excluding hydrogens is 585 g/mol. The van der Waals surface area contributed by atoms with Crippen LogP contribution in [-0.2, 0) is 22.6 Å². The molecule has 5 rings (SSSR count). The molecule has 43 heavy (non-hydrogen) atoms. The molecule has 3 aromatic rings. The summed E-state index contributed by atoms with van der Waals surface area (Å²) in [4.78, 5) is 36.3. The number of piperidine rings is 2. The number of rotatable bonds is 11. The fourth-order valence-electron chi connectivity index (χ4n) is 6.54. The first-order valence-electron chi connectivity index (χ1n) is 15.2. The summed E-state index contributed by atoms with van der Waals surface area (Å²) in [5.74, 6) is 0.741. The molecule has 8 nitrogen and oxygen atoms in total. The van der Waals surface area contributed by atoms with E-state index in [0.29, 0.717) is 32.1 Å². The number of hydrogen-bond donors (Lipinski definition) is 2. The number of halogens is 2. The van der Waals surface area contributed by atoms with Crippen molar-refractivity contribution >= 4 is 47.5 Å². The third kappa shape index (κ3) is 9.35. The number of aromatic nitrogens is 1. The van der Waals surface area contributed by atoms with Gasteiger partial charge in [-0.25, -0.2) is 0 Å². The molecule has 236 valence electrons. The van der Waals surface area contributed by atoms with E-state index >= 15 is 0 Å². The van der Waals surface area contributed by atoms with E-state index < -0.39 is 0 Å². The number of carbonyl (C=O) groups is 2. The summed E-state index contributed by atoms with van der Waals surface area (Å²) in [7, 11) is 1.65. The molecule has 0 saturated carbocycles. The first-order chi connectivity index (χ1) is 20.0. The number of amides is 2. The lowest BCUT2D eigenvalue weighted by Crippen LogP contribution is -2.51. The molecule has 0 bridgehead atoms. The molecule has 2 saturated heterocycles. The number of nitrogens with one attached hydrogen (secondary N) is 2. The number of likely N-dealkylation sites (tertiary alicyclic amines) is 2. The van der Waals surface area contributed by atoms with E-state index in [1.807, 2.05) is 47.5 Å². The number of nitrogens with zero attached hydrogens (tertiary/aromatic N) is 3. The highest BCUT2D eigenvalue weighted by molar-refractivity contribution is 5.86. The Labute approximate surface area is 268 Å². The second kappa shape index (κ2) is 16.9. The summed E-state index contributed by atoms with van der Waals surface area (Å²) in [6.45, 7) is 7.17. The van der Waals surface area contributed by atoms with Gasteiger partial charge in [-0.15, -0.1) is 24.8 Å². The van der Waals surface area contributed by atoms with Crippen LogP contribution in [0.1, 0.15) is 50.2 Å². The monoisotopic (exact) mass is 631 g/mol. The van der Waals surface area contributed by atoms with Crippen molar-refractivity contribution in [1.82, 2.24) is 25.0 Å². The Bertz CT molecular complexity index is 1300. The highest BCUT2D eigenvalue weighted by Crippen LogP contribution is 2.23. The van der Waals surface area contributed by atoms with E-state index in [0.717, 1.165) is 53.7 Å². The van der Waals surface area contributed by atoms with Gasteiger partial charge in [0.05, 0.1) is 19.7 Å². The molecule has 2 amide bonds. The average Bonchev–Trinajstić information content (AvgIpc) is 3.40. The Kier molecular flexibility index (Phi) is 13.6. The van der Waals surface area contributed by atoms with Crippen LogP contribution in [0.25, 0.3) is 10.9 Å². The Morgan fingerprint density at radius 2 is 1.67 bits per heavy atom. The van der Waals surface area contributed by atoms with Gasteiger partial charge in [0, 0.05) is 61.8 Å². The number of methoxy groups -OCH3 is 1. The van der Waals surface area contributed by atoms with Crippen LogP contribution >= 0.6 is 24.8 Å². The molecular formula is C33H47Cl2N5O3. The number of hydrogen-bond acceptors (Lipinski definition) is 5. The fourth-order valence-corrected chi connectivity index (χ4v) is 6.54. The predicted octanol–water partition coefficient (Wildman–Crippen LogP) is 5.05. The van der Waals surface area contributed by atoms with Crippen molar-refractivity contribution in [1.29, 1.82) is 0 Å². The van der Waals surface area contributed by atoms with Crippen LogP contribution in [0, 0.1) is 0 Å². The molecule has 2 aromatic carbocycles. The maximum Gasteiger partial charge on any atom is 0.234 e. The number of benzene rings is 2. The predicted molar refractivity (Wildman–Crippen MR) is 177 cm³/mol. The van der Waals surface area contributed by atoms with Crippen molar-refractivity contribution in [2.24, 2.45) is 0 Å². The molecule has 1 aromatic heterocycles. The van der Waals surface area contributed by atoms with Crippen LogP contribution in [0.5, 0.6) is 5.75 Å². The highest BCUT2D eigenvalue weighted by atomic mass is 35.5. The average molecular weight is 633 g/mol. The summed E-state index contributed by atoms with van der Waals surface area (Å²) in [5.41, 5.74) is 3.15.